The molecule has 0 aliphatic carbocycles. The molecular weight excluding hydrogens is 579 g/mol. The molecule has 39 heavy (non-hydrogen) atoms. The third-order valence-corrected chi connectivity index (χ3v) is 9.36. The second-order valence-corrected chi connectivity index (χ2v) is 12.1. The third-order valence-electron chi connectivity index (χ3n) is 6.59. The van der Waals surface area contributed by atoms with Crippen LogP contribution in [-0.2, 0) is 31.9 Å². The molecule has 1 fully saturated rings. The first-order valence-electron chi connectivity index (χ1n) is 12.3. The lowest BCUT2D eigenvalue weighted by atomic mass is 10.1. The van der Waals surface area contributed by atoms with E-state index in [-0.39, 0.29) is 36.9 Å². The molecule has 2 atom stereocenters. The molecule has 8 nitrogen and oxygen atoms in total. The number of carbonyl (C=O) groups excluding carboxylic acids is 2. The number of nitrogens with zero attached hydrogens (tertiary/aromatic N) is 3. The highest BCUT2D eigenvalue weighted by atomic mass is 35.5. The molecule has 1 aliphatic rings. The Morgan fingerprint density at radius 3 is 2.74 bits per heavy atom. The summed E-state index contributed by atoms with van der Waals surface area (Å²) in [6, 6.07) is 11.1. The second kappa shape index (κ2) is 12.2. The Morgan fingerprint density at radius 2 is 1.97 bits per heavy atom. The lowest BCUT2D eigenvalue weighted by Gasteiger charge is -2.23. The number of esters is 1. The summed E-state index contributed by atoms with van der Waals surface area (Å²) in [6.45, 7) is 0.458. The van der Waals surface area contributed by atoms with Crippen molar-refractivity contribution in [2.24, 2.45) is 0 Å². The normalized spacial score (nSPS) is 17.1. The summed E-state index contributed by atoms with van der Waals surface area (Å²) in [5.74, 6) is -0.352. The molecule has 1 saturated heterocycles. The number of amides is 1. The lowest BCUT2D eigenvalue weighted by molar-refractivity contribution is -0.140. The van der Waals surface area contributed by atoms with E-state index in [0.717, 1.165) is 20.1 Å². The van der Waals surface area contributed by atoms with E-state index in [2.05, 4.69) is 15.3 Å². The first kappa shape index (κ1) is 27.8. The molecule has 204 valence electrons. The number of benzene rings is 2. The highest BCUT2D eigenvalue weighted by molar-refractivity contribution is 7.22. The number of methoxy groups -OCH3 is 2. The van der Waals surface area contributed by atoms with Gasteiger partial charge in [0, 0.05) is 36.2 Å². The average molecular weight is 606 g/mol. The van der Waals surface area contributed by atoms with Crippen LogP contribution >= 0.6 is 45.9 Å². The van der Waals surface area contributed by atoms with E-state index in [4.69, 9.17) is 32.7 Å². The van der Waals surface area contributed by atoms with E-state index < -0.39 is 0 Å². The van der Waals surface area contributed by atoms with Gasteiger partial charge in [0.25, 0.3) is 0 Å². The van der Waals surface area contributed by atoms with Gasteiger partial charge in [0.15, 0.2) is 5.13 Å². The molecule has 1 aliphatic heterocycles. The van der Waals surface area contributed by atoms with Crippen LogP contribution in [0, 0.1) is 0 Å². The summed E-state index contributed by atoms with van der Waals surface area (Å²) >= 11 is 16.2. The minimum Gasteiger partial charge on any atom is -0.469 e. The number of aromatic nitrogens is 2. The molecule has 5 rings (SSSR count). The number of thiazole rings is 2. The molecule has 2 aromatic heterocycles. The Labute approximate surface area is 243 Å². The predicted molar refractivity (Wildman–Crippen MR) is 155 cm³/mol. The van der Waals surface area contributed by atoms with E-state index in [0.29, 0.717) is 45.8 Å². The summed E-state index contributed by atoms with van der Waals surface area (Å²) in [6.07, 6.45) is 3.24. The number of carbonyl (C=O) groups is 2. The molecule has 0 bridgehead atoms. The number of halogens is 2. The van der Waals surface area contributed by atoms with E-state index in [1.54, 1.807) is 30.3 Å². The fraction of sp³-hybridized carbons (Fsp3) is 0.333. The Bertz CT molecular complexity index is 1480. The first-order chi connectivity index (χ1) is 18.8. The second-order valence-electron chi connectivity index (χ2n) is 9.11. The zero-order valence-electron chi connectivity index (χ0n) is 21.3. The number of likely N-dealkylation sites (tertiary alicyclic amines) is 1. The van der Waals surface area contributed by atoms with Gasteiger partial charge >= 0.3 is 5.97 Å². The molecule has 0 radical (unpaired) electrons. The number of para-hydroxylation sites is 1. The molecule has 1 amide bonds. The molecule has 1 N–H and O–H groups in total. The monoisotopic (exact) mass is 604 g/mol. The highest BCUT2D eigenvalue weighted by Gasteiger charge is 2.38. The summed E-state index contributed by atoms with van der Waals surface area (Å²) in [5.41, 5.74) is 2.16. The Morgan fingerprint density at radius 1 is 1.15 bits per heavy atom. The number of rotatable bonds is 9. The molecule has 2 aromatic carbocycles. The van der Waals surface area contributed by atoms with Gasteiger partial charge in [-0.1, -0.05) is 46.7 Å². The molecule has 0 spiro atoms. The van der Waals surface area contributed by atoms with Crippen LogP contribution in [0.5, 0.6) is 0 Å². The van der Waals surface area contributed by atoms with Gasteiger partial charge in [-0.3, -0.25) is 9.59 Å². The van der Waals surface area contributed by atoms with Gasteiger partial charge in [-0.2, -0.15) is 0 Å². The van der Waals surface area contributed by atoms with Crippen LogP contribution < -0.4 is 5.32 Å². The van der Waals surface area contributed by atoms with Crippen molar-refractivity contribution in [1.29, 1.82) is 0 Å². The topological polar surface area (TPSA) is 93.7 Å². The largest absolute Gasteiger partial charge is 0.469 e. The number of ether oxygens (including phenoxy) is 2. The van der Waals surface area contributed by atoms with E-state index in [1.165, 1.54) is 29.8 Å². The van der Waals surface area contributed by atoms with Gasteiger partial charge in [0.1, 0.15) is 5.01 Å². The summed E-state index contributed by atoms with van der Waals surface area (Å²) in [4.78, 5) is 37.0. The van der Waals surface area contributed by atoms with Gasteiger partial charge in [-0.25, -0.2) is 9.97 Å². The van der Waals surface area contributed by atoms with Crippen LogP contribution in [0.25, 0.3) is 10.2 Å². The Balaban J connectivity index is 1.30. The van der Waals surface area contributed by atoms with E-state index >= 15 is 0 Å². The number of fused-ring (bicyclic) bond motifs is 1. The SMILES string of the molecule is COC(=O)CCc1cnc([C@@H]2C[C@@H](OC)CN2C(=O)Cc2cc(Cl)c(Nc3nc4ccccc4s3)cc2Cl)s1. The van der Waals surface area contributed by atoms with Gasteiger partial charge in [0.05, 0.1) is 53.0 Å². The fourth-order valence-electron chi connectivity index (χ4n) is 4.52. The van der Waals surface area contributed by atoms with Gasteiger partial charge in [-0.15, -0.1) is 11.3 Å². The molecule has 3 heterocycles. The van der Waals surface area contributed by atoms with Gasteiger partial charge < -0.3 is 19.7 Å². The zero-order valence-corrected chi connectivity index (χ0v) is 24.4. The maximum atomic E-state index is 13.5. The van der Waals surface area contributed by atoms with Crippen LogP contribution in [0.4, 0.5) is 10.8 Å². The van der Waals surface area contributed by atoms with E-state index in [1.807, 2.05) is 24.3 Å². The minimum absolute atomic E-state index is 0.0873. The van der Waals surface area contributed by atoms with Crippen molar-refractivity contribution in [3.8, 4) is 0 Å². The van der Waals surface area contributed by atoms with E-state index in [9.17, 15) is 9.59 Å². The fourth-order valence-corrected chi connectivity index (χ4v) is 6.91. The van der Waals surface area contributed by atoms with Crippen LogP contribution in [-0.4, -0.2) is 53.6 Å². The van der Waals surface area contributed by atoms with Gasteiger partial charge in [-0.05, 0) is 36.2 Å². The van der Waals surface area contributed by atoms with Crippen LogP contribution in [0.3, 0.4) is 0 Å². The van der Waals surface area contributed by atoms with Crippen molar-refractivity contribution >= 4 is 78.8 Å². The lowest BCUT2D eigenvalue weighted by Crippen LogP contribution is -2.33. The van der Waals surface area contributed by atoms with Crippen molar-refractivity contribution in [1.82, 2.24) is 14.9 Å². The number of anilines is 2. The van der Waals surface area contributed by atoms with Crippen molar-refractivity contribution < 1.29 is 19.1 Å². The number of nitrogens with one attached hydrogen (secondary N) is 1. The summed E-state index contributed by atoms with van der Waals surface area (Å²) < 4.78 is 11.4. The Hall–Kier alpha value is -2.76. The molecule has 12 heteroatoms. The maximum absolute atomic E-state index is 13.5. The van der Waals surface area contributed by atoms with Crippen molar-refractivity contribution in [3.05, 3.63) is 68.1 Å². The van der Waals surface area contributed by atoms with Gasteiger partial charge in [0.2, 0.25) is 5.91 Å². The molecular formula is C27H26Cl2N4O4S2. The minimum atomic E-state index is -0.265. The van der Waals surface area contributed by atoms with Crippen LogP contribution in [0.2, 0.25) is 10.0 Å². The Kier molecular flexibility index (Phi) is 8.68. The maximum Gasteiger partial charge on any atom is 0.305 e. The zero-order chi connectivity index (χ0) is 27.5. The van der Waals surface area contributed by atoms with Crippen molar-refractivity contribution in [2.45, 2.75) is 37.8 Å². The smallest absolute Gasteiger partial charge is 0.305 e. The number of hydrogen-bond acceptors (Lipinski definition) is 9. The standard InChI is InChI=1S/C27H26Cl2N4O4S2/c1-36-16-11-22(26-30-13-17(38-26)7-8-25(35)37-2)33(14-16)24(34)10-15-9-19(29)21(12-18(15)28)32-27-31-20-5-3-4-6-23(20)39-27/h3-6,9,12-13,16,22H,7-8,10-11,14H2,1-2H3,(H,31,32)/t16-,22+/m1/s1. The van der Waals surface area contributed by atoms with Crippen molar-refractivity contribution in [3.63, 3.8) is 0 Å². The first-order valence-corrected chi connectivity index (χ1v) is 14.7. The van der Waals surface area contributed by atoms with Crippen LogP contribution in [0.15, 0.2) is 42.6 Å². The molecule has 0 unspecified atom stereocenters. The highest BCUT2D eigenvalue weighted by Crippen LogP contribution is 2.38. The summed E-state index contributed by atoms with van der Waals surface area (Å²) in [7, 11) is 3.02. The summed E-state index contributed by atoms with van der Waals surface area (Å²) in [5, 5.41) is 5.66. The average Bonchev–Trinajstić information content (AvgIpc) is 3.67. The predicted octanol–water partition coefficient (Wildman–Crippen LogP) is 6.44. The number of hydrogen-bond donors (Lipinski definition) is 1. The number of aryl methyl sites for hydroxylation is 1. The van der Waals surface area contributed by atoms with Crippen molar-refractivity contribution in [2.75, 3.05) is 26.1 Å². The quantitative estimate of drug-likeness (QED) is 0.220. The molecule has 0 saturated carbocycles. The van der Waals surface area contributed by atoms with Crippen LogP contribution in [0.1, 0.15) is 34.3 Å². The third kappa shape index (κ3) is 6.36. The molecule has 4 aromatic rings.